The van der Waals surface area contributed by atoms with Crippen LogP contribution >= 0.6 is 11.6 Å². The summed E-state index contributed by atoms with van der Waals surface area (Å²) in [6, 6.07) is 6.69. The number of halogens is 2. The van der Waals surface area contributed by atoms with Crippen molar-refractivity contribution in [2.75, 3.05) is 11.9 Å². The Morgan fingerprint density at radius 2 is 2.19 bits per heavy atom. The molecule has 0 radical (unpaired) electrons. The number of rotatable bonds is 3. The van der Waals surface area contributed by atoms with Gasteiger partial charge in [-0.1, -0.05) is 18.5 Å². The van der Waals surface area contributed by atoms with E-state index < -0.39 is 5.82 Å². The number of hydrogen-bond donors (Lipinski definition) is 1. The number of pyridine rings is 1. The van der Waals surface area contributed by atoms with Gasteiger partial charge in [-0.2, -0.15) is 0 Å². The zero-order valence-corrected chi connectivity index (χ0v) is 9.68. The first kappa shape index (κ1) is 11.1. The Labute approximate surface area is 98.4 Å². The van der Waals surface area contributed by atoms with Crippen molar-refractivity contribution >= 4 is 28.3 Å². The Bertz CT molecular complexity index is 514. The van der Waals surface area contributed by atoms with E-state index >= 15 is 0 Å². The van der Waals surface area contributed by atoms with Gasteiger partial charge in [-0.15, -0.1) is 0 Å². The highest BCUT2D eigenvalue weighted by Gasteiger charge is 2.04. The van der Waals surface area contributed by atoms with E-state index in [9.17, 15) is 4.39 Å². The lowest BCUT2D eigenvalue weighted by Gasteiger charge is -2.05. The van der Waals surface area contributed by atoms with Crippen LogP contribution in [0.2, 0.25) is 5.02 Å². The Hall–Kier alpha value is -1.35. The second-order valence-electron chi connectivity index (χ2n) is 3.58. The van der Waals surface area contributed by atoms with Crippen LogP contribution < -0.4 is 5.32 Å². The van der Waals surface area contributed by atoms with Crippen molar-refractivity contribution in [3.63, 3.8) is 0 Å². The second-order valence-corrected chi connectivity index (χ2v) is 3.99. The molecule has 0 fully saturated rings. The summed E-state index contributed by atoms with van der Waals surface area (Å²) in [7, 11) is 0. The van der Waals surface area contributed by atoms with Crippen molar-refractivity contribution in [2.24, 2.45) is 0 Å². The third-order valence-electron chi connectivity index (χ3n) is 2.29. The predicted octanol–water partition coefficient (Wildman–Crippen LogP) is 3.85. The normalized spacial score (nSPS) is 10.7. The number of benzene rings is 1. The predicted molar refractivity (Wildman–Crippen MR) is 65.5 cm³/mol. The van der Waals surface area contributed by atoms with Crippen LogP contribution in [0.5, 0.6) is 0 Å². The number of aromatic nitrogens is 1. The highest BCUT2D eigenvalue weighted by molar-refractivity contribution is 6.31. The third-order valence-corrected chi connectivity index (χ3v) is 2.58. The van der Waals surface area contributed by atoms with Gasteiger partial charge < -0.3 is 5.32 Å². The Balaban J connectivity index is 2.41. The molecule has 2 aromatic rings. The first-order valence-corrected chi connectivity index (χ1v) is 5.58. The second kappa shape index (κ2) is 4.66. The van der Waals surface area contributed by atoms with Crippen molar-refractivity contribution in [3.05, 3.63) is 35.1 Å². The monoisotopic (exact) mass is 238 g/mol. The number of nitrogens with zero attached hydrogens (tertiary/aromatic N) is 1. The van der Waals surface area contributed by atoms with E-state index in [1.54, 1.807) is 6.07 Å². The fourth-order valence-corrected chi connectivity index (χ4v) is 1.64. The third kappa shape index (κ3) is 2.25. The van der Waals surface area contributed by atoms with Gasteiger partial charge in [0.2, 0.25) is 0 Å². The maximum Gasteiger partial charge on any atom is 0.143 e. The summed E-state index contributed by atoms with van der Waals surface area (Å²) in [4.78, 5) is 4.30. The molecule has 0 saturated heterocycles. The minimum atomic E-state index is -0.436. The van der Waals surface area contributed by atoms with E-state index in [-0.39, 0.29) is 5.02 Å². The number of nitrogens with one attached hydrogen (secondary N) is 1. The van der Waals surface area contributed by atoms with E-state index in [1.165, 1.54) is 6.07 Å². The van der Waals surface area contributed by atoms with Crippen LogP contribution in [0.3, 0.4) is 0 Å². The molecule has 0 aliphatic carbocycles. The fraction of sp³-hybridized carbons (Fsp3) is 0.250. The van der Waals surface area contributed by atoms with Crippen molar-refractivity contribution in [3.8, 4) is 0 Å². The SMILES string of the molecule is CCCNc1ccc2cc(Cl)c(F)cc2n1. The average Bonchev–Trinajstić information content (AvgIpc) is 2.28. The molecule has 1 N–H and O–H groups in total. The highest BCUT2D eigenvalue weighted by Crippen LogP contribution is 2.22. The van der Waals surface area contributed by atoms with Crippen molar-refractivity contribution < 1.29 is 4.39 Å². The van der Waals surface area contributed by atoms with Gasteiger partial charge in [-0.05, 0) is 24.6 Å². The summed E-state index contributed by atoms with van der Waals surface area (Å²) in [5.41, 5.74) is 0.614. The van der Waals surface area contributed by atoms with E-state index in [2.05, 4.69) is 17.2 Å². The Morgan fingerprint density at radius 1 is 1.38 bits per heavy atom. The molecule has 0 saturated carbocycles. The zero-order valence-electron chi connectivity index (χ0n) is 8.93. The van der Waals surface area contributed by atoms with Crippen LogP contribution in [0.1, 0.15) is 13.3 Å². The summed E-state index contributed by atoms with van der Waals surface area (Å²) in [5.74, 6) is 0.324. The molecule has 16 heavy (non-hydrogen) atoms. The number of anilines is 1. The number of hydrogen-bond acceptors (Lipinski definition) is 2. The summed E-state index contributed by atoms with van der Waals surface area (Å²) in [6.45, 7) is 2.93. The van der Waals surface area contributed by atoms with Crippen LogP contribution in [-0.4, -0.2) is 11.5 Å². The molecular weight excluding hydrogens is 227 g/mol. The zero-order chi connectivity index (χ0) is 11.5. The Morgan fingerprint density at radius 3 is 2.94 bits per heavy atom. The van der Waals surface area contributed by atoms with Crippen molar-refractivity contribution in [1.82, 2.24) is 4.98 Å². The molecule has 0 bridgehead atoms. The van der Waals surface area contributed by atoms with Gasteiger partial charge >= 0.3 is 0 Å². The standard InChI is InChI=1S/C12H12ClFN2/c1-2-5-15-12-4-3-8-6-9(13)10(14)7-11(8)16-12/h3-4,6-7H,2,5H2,1H3,(H,15,16). The summed E-state index contributed by atoms with van der Waals surface area (Å²) in [6.07, 6.45) is 1.02. The van der Waals surface area contributed by atoms with Gasteiger partial charge in [0.25, 0.3) is 0 Å². The van der Waals surface area contributed by atoms with E-state index in [1.807, 2.05) is 12.1 Å². The minimum absolute atomic E-state index is 0.128. The first-order chi connectivity index (χ1) is 7.70. The molecule has 1 aromatic carbocycles. The molecule has 0 unspecified atom stereocenters. The molecule has 2 nitrogen and oxygen atoms in total. The topological polar surface area (TPSA) is 24.9 Å². The quantitative estimate of drug-likeness (QED) is 0.879. The first-order valence-electron chi connectivity index (χ1n) is 5.20. The molecular formula is C12H12ClFN2. The van der Waals surface area contributed by atoms with Crippen LogP contribution in [0.15, 0.2) is 24.3 Å². The van der Waals surface area contributed by atoms with E-state index in [0.717, 1.165) is 24.2 Å². The van der Waals surface area contributed by atoms with E-state index in [4.69, 9.17) is 11.6 Å². The fourth-order valence-electron chi connectivity index (χ4n) is 1.47. The molecule has 0 aliphatic heterocycles. The Kier molecular flexibility index (Phi) is 3.25. The van der Waals surface area contributed by atoms with E-state index in [0.29, 0.717) is 5.52 Å². The highest BCUT2D eigenvalue weighted by atomic mass is 35.5. The lowest BCUT2D eigenvalue weighted by atomic mass is 10.2. The average molecular weight is 239 g/mol. The van der Waals surface area contributed by atoms with Gasteiger partial charge in [0.05, 0.1) is 10.5 Å². The molecule has 0 amide bonds. The summed E-state index contributed by atoms with van der Waals surface area (Å²) < 4.78 is 13.2. The van der Waals surface area contributed by atoms with Gasteiger partial charge in [-0.3, -0.25) is 0 Å². The molecule has 2 rings (SSSR count). The summed E-state index contributed by atoms with van der Waals surface area (Å²) >= 11 is 5.69. The minimum Gasteiger partial charge on any atom is -0.370 e. The van der Waals surface area contributed by atoms with Crippen molar-refractivity contribution in [2.45, 2.75) is 13.3 Å². The smallest absolute Gasteiger partial charge is 0.143 e. The van der Waals surface area contributed by atoms with Gasteiger partial charge in [-0.25, -0.2) is 9.37 Å². The molecule has 0 aliphatic rings. The molecule has 0 spiro atoms. The molecule has 4 heteroatoms. The van der Waals surface area contributed by atoms with Crippen LogP contribution in [0.25, 0.3) is 10.9 Å². The van der Waals surface area contributed by atoms with Crippen LogP contribution in [0, 0.1) is 5.82 Å². The molecule has 1 aromatic heterocycles. The van der Waals surface area contributed by atoms with Gasteiger partial charge in [0, 0.05) is 18.0 Å². The lowest BCUT2D eigenvalue weighted by Crippen LogP contribution is -2.01. The maximum absolute atomic E-state index is 13.2. The molecule has 0 atom stereocenters. The molecule has 84 valence electrons. The van der Waals surface area contributed by atoms with Crippen molar-refractivity contribution in [1.29, 1.82) is 0 Å². The molecule has 1 heterocycles. The van der Waals surface area contributed by atoms with Gasteiger partial charge in [0.15, 0.2) is 0 Å². The van der Waals surface area contributed by atoms with Crippen LogP contribution in [-0.2, 0) is 0 Å². The largest absolute Gasteiger partial charge is 0.370 e. The maximum atomic E-state index is 13.2. The van der Waals surface area contributed by atoms with Gasteiger partial charge in [0.1, 0.15) is 11.6 Å². The van der Waals surface area contributed by atoms with Crippen LogP contribution in [0.4, 0.5) is 10.2 Å². The number of fused-ring (bicyclic) bond motifs is 1. The summed E-state index contributed by atoms with van der Waals surface area (Å²) in [5, 5.41) is 4.12. The lowest BCUT2D eigenvalue weighted by molar-refractivity contribution is 0.630.